The maximum atomic E-state index is 10.7. The number of nitro benzene ring substituents is 1. The lowest BCUT2D eigenvalue weighted by Gasteiger charge is -2.29. The Balaban J connectivity index is 1.78. The summed E-state index contributed by atoms with van der Waals surface area (Å²) in [7, 11) is 0. The summed E-state index contributed by atoms with van der Waals surface area (Å²) in [6, 6.07) is 7.23. The summed E-state index contributed by atoms with van der Waals surface area (Å²) in [5, 5.41) is 14.2. The maximum absolute atomic E-state index is 10.7. The van der Waals surface area contributed by atoms with E-state index in [-0.39, 0.29) is 10.6 Å². The van der Waals surface area contributed by atoms with Crippen LogP contribution in [0.5, 0.6) is 0 Å². The van der Waals surface area contributed by atoms with E-state index in [1.165, 1.54) is 38.4 Å². The molecule has 1 aliphatic heterocycles. The Labute approximate surface area is 120 Å². The normalized spacial score (nSPS) is 17.9. The number of non-ortho nitro benzene ring substituents is 1. The Morgan fingerprint density at radius 1 is 1.35 bits per heavy atom. The van der Waals surface area contributed by atoms with Crippen molar-refractivity contribution in [3.05, 3.63) is 39.9 Å². The van der Waals surface area contributed by atoms with Crippen LogP contribution in [-0.4, -0.2) is 35.5 Å². The molecule has 1 heterocycles. The van der Waals surface area contributed by atoms with Crippen molar-refractivity contribution in [1.29, 1.82) is 0 Å². The van der Waals surface area contributed by atoms with Crippen molar-refractivity contribution in [3.8, 4) is 0 Å². The van der Waals surface area contributed by atoms with Gasteiger partial charge in [0.2, 0.25) is 0 Å². The molecule has 0 bridgehead atoms. The van der Waals surface area contributed by atoms with Crippen LogP contribution in [0.1, 0.15) is 31.7 Å². The molecule has 0 saturated carbocycles. The molecule has 1 atom stereocenters. The predicted molar refractivity (Wildman–Crippen MR) is 79.7 cm³/mol. The van der Waals surface area contributed by atoms with E-state index in [1.807, 2.05) is 6.07 Å². The van der Waals surface area contributed by atoms with Crippen LogP contribution in [0.3, 0.4) is 0 Å². The summed E-state index contributed by atoms with van der Waals surface area (Å²) < 4.78 is 0. The number of nitrogens with one attached hydrogen (secondary N) is 1. The Kier molecular flexibility index (Phi) is 5.49. The number of nitro groups is 1. The molecular weight excluding hydrogens is 254 g/mol. The molecular formula is C15H23N3O2. The van der Waals surface area contributed by atoms with Gasteiger partial charge in [0.1, 0.15) is 0 Å². The molecule has 1 N–H and O–H groups in total. The third-order valence-electron chi connectivity index (χ3n) is 3.76. The predicted octanol–water partition coefficient (Wildman–Crippen LogP) is 2.56. The van der Waals surface area contributed by atoms with Gasteiger partial charge < -0.3 is 10.2 Å². The van der Waals surface area contributed by atoms with E-state index in [1.54, 1.807) is 12.1 Å². The average molecular weight is 277 g/mol. The number of likely N-dealkylation sites (tertiary alicyclic amines) is 1. The van der Waals surface area contributed by atoms with Crippen LogP contribution in [0.25, 0.3) is 0 Å². The standard InChI is InChI=1S/C15H23N3O2/c1-13(12-17-8-3-2-4-9-17)16-11-14-6-5-7-15(10-14)18(19)20/h5-7,10,13,16H,2-4,8-9,11-12H2,1H3. The van der Waals surface area contributed by atoms with Crippen LogP contribution in [0, 0.1) is 10.1 Å². The lowest BCUT2D eigenvalue weighted by atomic mass is 10.1. The summed E-state index contributed by atoms with van der Waals surface area (Å²) >= 11 is 0. The highest BCUT2D eigenvalue weighted by molar-refractivity contribution is 5.34. The maximum Gasteiger partial charge on any atom is 0.269 e. The van der Waals surface area contributed by atoms with Crippen LogP contribution >= 0.6 is 0 Å². The lowest BCUT2D eigenvalue weighted by molar-refractivity contribution is -0.384. The molecule has 0 spiro atoms. The molecule has 1 fully saturated rings. The molecule has 5 heteroatoms. The van der Waals surface area contributed by atoms with Crippen molar-refractivity contribution in [3.63, 3.8) is 0 Å². The molecule has 0 aliphatic carbocycles. The second kappa shape index (κ2) is 7.36. The SMILES string of the molecule is CC(CN1CCCCC1)NCc1cccc([N+](=O)[O-])c1. The molecule has 5 nitrogen and oxygen atoms in total. The number of piperidine rings is 1. The number of hydrogen-bond donors (Lipinski definition) is 1. The zero-order chi connectivity index (χ0) is 14.4. The lowest BCUT2D eigenvalue weighted by Crippen LogP contribution is -2.41. The zero-order valence-corrected chi connectivity index (χ0v) is 12.0. The molecule has 1 unspecified atom stereocenters. The molecule has 0 aromatic heterocycles. The minimum absolute atomic E-state index is 0.160. The van der Waals surface area contributed by atoms with E-state index in [0.29, 0.717) is 12.6 Å². The fourth-order valence-electron chi connectivity index (χ4n) is 2.67. The van der Waals surface area contributed by atoms with Crippen LogP contribution in [-0.2, 0) is 6.54 Å². The summed E-state index contributed by atoms with van der Waals surface area (Å²) in [5.41, 5.74) is 1.12. The third-order valence-corrected chi connectivity index (χ3v) is 3.76. The monoisotopic (exact) mass is 277 g/mol. The molecule has 1 aromatic carbocycles. The fraction of sp³-hybridized carbons (Fsp3) is 0.600. The fourth-order valence-corrected chi connectivity index (χ4v) is 2.67. The van der Waals surface area contributed by atoms with E-state index in [4.69, 9.17) is 0 Å². The van der Waals surface area contributed by atoms with Gasteiger partial charge in [0.05, 0.1) is 4.92 Å². The first-order valence-electron chi connectivity index (χ1n) is 7.34. The molecule has 0 radical (unpaired) electrons. The van der Waals surface area contributed by atoms with Gasteiger partial charge in [0, 0.05) is 31.3 Å². The minimum atomic E-state index is -0.347. The minimum Gasteiger partial charge on any atom is -0.309 e. The van der Waals surface area contributed by atoms with Crippen LogP contribution in [0.15, 0.2) is 24.3 Å². The average Bonchev–Trinajstić information content (AvgIpc) is 2.46. The van der Waals surface area contributed by atoms with Crippen molar-refractivity contribution in [2.24, 2.45) is 0 Å². The molecule has 20 heavy (non-hydrogen) atoms. The van der Waals surface area contributed by atoms with Crippen LogP contribution < -0.4 is 5.32 Å². The van der Waals surface area contributed by atoms with E-state index >= 15 is 0 Å². The van der Waals surface area contributed by atoms with Crippen LogP contribution in [0.4, 0.5) is 5.69 Å². The Hall–Kier alpha value is -1.46. The van der Waals surface area contributed by atoms with Crippen molar-refractivity contribution >= 4 is 5.69 Å². The number of rotatable bonds is 6. The number of nitrogens with zero attached hydrogens (tertiary/aromatic N) is 2. The second-order valence-electron chi connectivity index (χ2n) is 5.57. The van der Waals surface area contributed by atoms with E-state index in [0.717, 1.165) is 12.1 Å². The van der Waals surface area contributed by atoms with Gasteiger partial charge in [0.25, 0.3) is 5.69 Å². The smallest absolute Gasteiger partial charge is 0.269 e. The van der Waals surface area contributed by atoms with E-state index < -0.39 is 0 Å². The molecule has 0 amide bonds. The summed E-state index contributed by atoms with van der Waals surface area (Å²) in [5.74, 6) is 0. The highest BCUT2D eigenvalue weighted by Crippen LogP contribution is 2.13. The zero-order valence-electron chi connectivity index (χ0n) is 12.0. The molecule has 2 rings (SSSR count). The first-order chi connectivity index (χ1) is 9.65. The van der Waals surface area contributed by atoms with Gasteiger partial charge in [-0.1, -0.05) is 18.6 Å². The summed E-state index contributed by atoms with van der Waals surface area (Å²) in [4.78, 5) is 12.9. The third kappa shape index (κ3) is 4.58. The van der Waals surface area contributed by atoms with Gasteiger partial charge in [0.15, 0.2) is 0 Å². The first-order valence-corrected chi connectivity index (χ1v) is 7.34. The van der Waals surface area contributed by atoms with E-state index in [9.17, 15) is 10.1 Å². The molecule has 1 aliphatic rings. The van der Waals surface area contributed by atoms with Crippen molar-refractivity contribution in [2.75, 3.05) is 19.6 Å². The molecule has 110 valence electrons. The largest absolute Gasteiger partial charge is 0.309 e. The van der Waals surface area contributed by atoms with Gasteiger partial charge in [-0.25, -0.2) is 0 Å². The quantitative estimate of drug-likeness (QED) is 0.641. The van der Waals surface area contributed by atoms with Gasteiger partial charge in [-0.05, 0) is 38.4 Å². The van der Waals surface area contributed by atoms with Crippen molar-refractivity contribution < 1.29 is 4.92 Å². The Morgan fingerprint density at radius 3 is 2.80 bits per heavy atom. The highest BCUT2D eigenvalue weighted by atomic mass is 16.6. The summed E-state index contributed by atoms with van der Waals surface area (Å²) in [6.45, 7) is 6.29. The first kappa shape index (κ1) is 14.9. The van der Waals surface area contributed by atoms with Gasteiger partial charge in [-0.3, -0.25) is 10.1 Å². The van der Waals surface area contributed by atoms with Crippen LogP contribution in [0.2, 0.25) is 0 Å². The van der Waals surface area contributed by atoms with Crippen molar-refractivity contribution in [2.45, 2.75) is 38.8 Å². The molecule has 1 aromatic rings. The summed E-state index contributed by atoms with van der Waals surface area (Å²) in [6.07, 6.45) is 3.96. The number of benzene rings is 1. The van der Waals surface area contributed by atoms with E-state index in [2.05, 4.69) is 17.1 Å². The topological polar surface area (TPSA) is 58.4 Å². The molecule has 1 saturated heterocycles. The van der Waals surface area contributed by atoms with Gasteiger partial charge in [-0.15, -0.1) is 0 Å². The highest BCUT2D eigenvalue weighted by Gasteiger charge is 2.13. The van der Waals surface area contributed by atoms with Gasteiger partial charge in [-0.2, -0.15) is 0 Å². The Bertz CT molecular complexity index is 444. The number of hydrogen-bond acceptors (Lipinski definition) is 4. The Morgan fingerprint density at radius 2 is 2.10 bits per heavy atom. The van der Waals surface area contributed by atoms with Crippen molar-refractivity contribution in [1.82, 2.24) is 10.2 Å². The second-order valence-corrected chi connectivity index (χ2v) is 5.57. The van der Waals surface area contributed by atoms with Gasteiger partial charge >= 0.3 is 0 Å².